The molecule has 1 aliphatic heterocycles. The first-order valence-corrected chi connectivity index (χ1v) is 13.3. The van der Waals surface area contributed by atoms with Gasteiger partial charge in [0, 0.05) is 36.0 Å². The molecule has 2 aliphatic rings. The summed E-state index contributed by atoms with van der Waals surface area (Å²) in [6.07, 6.45) is -12.5. The van der Waals surface area contributed by atoms with E-state index < -0.39 is 62.5 Å². The summed E-state index contributed by atoms with van der Waals surface area (Å²) in [4.78, 5) is 14.4. The molecule has 1 fully saturated rings. The maximum absolute atomic E-state index is 14.9. The number of carbonyl (C=O) groups is 1. The molecule has 2 amide bonds. The van der Waals surface area contributed by atoms with Crippen molar-refractivity contribution in [1.82, 2.24) is 10.2 Å². The normalized spacial score (nSPS) is 22.5. The molecule has 1 heterocycles. The van der Waals surface area contributed by atoms with E-state index in [0.717, 1.165) is 18.2 Å². The topological polar surface area (TPSA) is 69.6 Å². The van der Waals surface area contributed by atoms with Gasteiger partial charge in [-0.3, -0.25) is 4.21 Å². The highest BCUT2D eigenvalue weighted by molar-refractivity contribution is 7.86. The quantitative estimate of drug-likeness (QED) is 0.449. The number of urea groups is 1. The number of alkyl halides is 7. The Kier molecular flexibility index (Phi) is 7.53. The van der Waals surface area contributed by atoms with Crippen LogP contribution in [-0.4, -0.2) is 57.8 Å². The number of nitrogens with zero attached hydrogens (tertiary/aromatic N) is 1. The summed E-state index contributed by atoms with van der Waals surface area (Å²) in [5.74, 6) is -1.17. The van der Waals surface area contributed by atoms with Crippen LogP contribution < -0.4 is 5.32 Å². The SMILES string of the molecule is CC(C)(O)CNC(=O)N1CC2CCc3cc(C(F)(C(F)(F)F)C(F)(F)F)ccc3C2(S(=O)c2ccc(F)cc2)C1. The van der Waals surface area contributed by atoms with Gasteiger partial charge in [-0.15, -0.1) is 0 Å². The molecule has 0 aromatic heterocycles. The van der Waals surface area contributed by atoms with Gasteiger partial charge in [-0.2, -0.15) is 26.3 Å². The fraction of sp³-hybridized carbons (Fsp3) is 0.500. The van der Waals surface area contributed by atoms with E-state index in [1.165, 1.54) is 30.9 Å². The van der Waals surface area contributed by atoms with Gasteiger partial charge in [0.05, 0.1) is 21.1 Å². The van der Waals surface area contributed by atoms with Gasteiger partial charge in [0.2, 0.25) is 0 Å². The number of hydrogen-bond acceptors (Lipinski definition) is 3. The third-order valence-electron chi connectivity index (χ3n) is 7.35. The number of rotatable bonds is 5. The molecule has 3 unspecified atom stereocenters. The summed E-state index contributed by atoms with van der Waals surface area (Å²) in [7, 11) is -2.06. The van der Waals surface area contributed by atoms with E-state index in [1.807, 2.05) is 0 Å². The molecule has 3 atom stereocenters. The Hall–Kier alpha value is -2.74. The van der Waals surface area contributed by atoms with Crippen LogP contribution in [0.4, 0.5) is 39.9 Å². The summed E-state index contributed by atoms with van der Waals surface area (Å²) in [6.45, 7) is 2.59. The summed E-state index contributed by atoms with van der Waals surface area (Å²) in [5.41, 5.74) is -8.47. The number of carbonyl (C=O) groups excluding carboxylic acids is 1. The Morgan fingerprint density at radius 1 is 1.05 bits per heavy atom. The first kappa shape index (κ1) is 30.2. The average molecular weight is 599 g/mol. The Bertz CT molecular complexity index is 1290. The molecule has 14 heteroatoms. The zero-order valence-corrected chi connectivity index (χ0v) is 22.1. The summed E-state index contributed by atoms with van der Waals surface area (Å²) in [6, 6.07) is 5.80. The zero-order valence-electron chi connectivity index (χ0n) is 21.3. The molecule has 40 heavy (non-hydrogen) atoms. The van der Waals surface area contributed by atoms with E-state index >= 15 is 0 Å². The van der Waals surface area contributed by atoms with E-state index in [9.17, 15) is 49.2 Å². The van der Waals surface area contributed by atoms with Crippen molar-refractivity contribution in [3.05, 3.63) is 65.0 Å². The number of hydrogen-bond donors (Lipinski definition) is 2. The Labute approximate surface area is 227 Å². The maximum Gasteiger partial charge on any atom is 0.435 e. The van der Waals surface area contributed by atoms with Crippen molar-refractivity contribution in [3.8, 4) is 0 Å². The molecular weight excluding hydrogens is 572 g/mol. The van der Waals surface area contributed by atoms with Crippen molar-refractivity contribution >= 4 is 16.8 Å². The Balaban J connectivity index is 1.83. The van der Waals surface area contributed by atoms with Crippen molar-refractivity contribution in [2.24, 2.45) is 5.92 Å². The highest BCUT2D eigenvalue weighted by Gasteiger charge is 2.73. The fourth-order valence-corrected chi connectivity index (χ4v) is 7.37. The number of amides is 2. The largest absolute Gasteiger partial charge is 0.435 e. The number of likely N-dealkylation sites (tertiary alicyclic amines) is 1. The maximum atomic E-state index is 14.9. The summed E-state index contributed by atoms with van der Waals surface area (Å²) in [5, 5.41) is 12.5. The lowest BCUT2D eigenvalue weighted by Gasteiger charge is -2.40. The molecule has 1 aliphatic carbocycles. The van der Waals surface area contributed by atoms with Crippen molar-refractivity contribution in [3.63, 3.8) is 0 Å². The first-order valence-electron chi connectivity index (χ1n) is 12.2. The molecule has 2 aromatic carbocycles. The molecule has 0 bridgehead atoms. The van der Waals surface area contributed by atoms with Crippen LogP contribution in [0.25, 0.3) is 0 Å². The first-order chi connectivity index (χ1) is 18.3. The van der Waals surface area contributed by atoms with Gasteiger partial charge in [-0.1, -0.05) is 18.2 Å². The summed E-state index contributed by atoms with van der Waals surface area (Å²) >= 11 is 0. The number of fused-ring (bicyclic) bond motifs is 3. The minimum absolute atomic E-state index is 0.0456. The van der Waals surface area contributed by atoms with Gasteiger partial charge < -0.3 is 15.3 Å². The molecule has 1 saturated heterocycles. The number of nitrogens with one attached hydrogen (secondary N) is 1. The smallest absolute Gasteiger partial charge is 0.389 e. The molecule has 5 nitrogen and oxygen atoms in total. The van der Waals surface area contributed by atoms with Crippen molar-refractivity contribution < 1.29 is 49.2 Å². The van der Waals surface area contributed by atoms with Gasteiger partial charge >= 0.3 is 24.1 Å². The molecule has 2 N–H and O–H groups in total. The van der Waals surface area contributed by atoms with Gasteiger partial charge in [-0.25, -0.2) is 13.6 Å². The molecule has 220 valence electrons. The van der Waals surface area contributed by atoms with Crippen molar-refractivity contribution in [1.29, 1.82) is 0 Å². The minimum Gasteiger partial charge on any atom is -0.389 e. The highest BCUT2D eigenvalue weighted by atomic mass is 32.2. The lowest BCUT2D eigenvalue weighted by atomic mass is 9.75. The van der Waals surface area contributed by atoms with E-state index in [1.54, 1.807) is 0 Å². The molecule has 2 aromatic rings. The Morgan fingerprint density at radius 2 is 1.65 bits per heavy atom. The third kappa shape index (κ3) is 5.08. The zero-order chi connectivity index (χ0) is 29.9. The van der Waals surface area contributed by atoms with E-state index in [2.05, 4.69) is 5.32 Å². The second-order valence-corrected chi connectivity index (χ2v) is 12.5. The number of aliphatic hydroxyl groups is 1. The van der Waals surface area contributed by atoms with Gasteiger partial charge in [-0.05, 0) is 62.1 Å². The lowest BCUT2D eigenvalue weighted by molar-refractivity contribution is -0.348. The number of benzene rings is 2. The van der Waals surface area contributed by atoms with Gasteiger partial charge in [0.25, 0.3) is 0 Å². The molecule has 0 saturated carbocycles. The summed E-state index contributed by atoms with van der Waals surface area (Å²) < 4.78 is 122. The van der Waals surface area contributed by atoms with Crippen LogP contribution >= 0.6 is 0 Å². The van der Waals surface area contributed by atoms with Crippen LogP contribution in [0.5, 0.6) is 0 Å². The monoisotopic (exact) mass is 598 g/mol. The molecule has 4 rings (SSSR count). The van der Waals surface area contributed by atoms with Crippen LogP contribution in [0.1, 0.15) is 37.0 Å². The fourth-order valence-electron chi connectivity index (χ4n) is 5.40. The minimum atomic E-state index is -6.30. The third-order valence-corrected chi connectivity index (χ3v) is 9.39. The van der Waals surface area contributed by atoms with Crippen LogP contribution in [0.2, 0.25) is 0 Å². The number of aryl methyl sites for hydroxylation is 1. The van der Waals surface area contributed by atoms with Crippen LogP contribution in [0, 0.1) is 11.7 Å². The average Bonchev–Trinajstić information content (AvgIpc) is 3.26. The standard InChI is InChI=1S/C26H26F8N2O3S/c1-22(2,38)13-35-21(37)36-12-17-4-3-15-11-16(24(28,25(29,30)31)26(32,33)34)5-10-20(15)23(17,14-36)40(39)19-8-6-18(27)7-9-19/h5-11,17,38H,3-4,12-14H2,1-2H3,(H,35,37). The van der Waals surface area contributed by atoms with E-state index in [4.69, 9.17) is 0 Å². The molecule has 0 spiro atoms. The predicted molar refractivity (Wildman–Crippen MR) is 129 cm³/mol. The predicted octanol–water partition coefficient (Wildman–Crippen LogP) is 5.48. The van der Waals surface area contributed by atoms with Gasteiger partial charge in [0.15, 0.2) is 0 Å². The van der Waals surface area contributed by atoms with Crippen LogP contribution in [0.15, 0.2) is 47.4 Å². The van der Waals surface area contributed by atoms with E-state index in [-0.39, 0.29) is 48.5 Å². The van der Waals surface area contributed by atoms with Crippen molar-refractivity contribution in [2.75, 3.05) is 19.6 Å². The second-order valence-electron chi connectivity index (χ2n) is 10.7. The van der Waals surface area contributed by atoms with Gasteiger partial charge in [0.1, 0.15) is 5.82 Å². The highest BCUT2D eigenvalue weighted by Crippen LogP contribution is 2.56. The van der Waals surface area contributed by atoms with Crippen LogP contribution in [0.3, 0.4) is 0 Å². The lowest BCUT2D eigenvalue weighted by Crippen LogP contribution is -2.50. The van der Waals surface area contributed by atoms with Crippen LogP contribution in [-0.2, 0) is 27.6 Å². The second kappa shape index (κ2) is 9.97. The molecule has 0 radical (unpaired) electrons. The number of halogens is 8. The van der Waals surface area contributed by atoms with Crippen molar-refractivity contribution in [2.45, 2.75) is 60.0 Å². The molecular formula is C26H26F8N2O3S. The Morgan fingerprint density at radius 3 is 2.20 bits per heavy atom. The van der Waals surface area contributed by atoms with E-state index in [0.29, 0.717) is 12.1 Å².